The monoisotopic (exact) mass is 561 g/mol. The third-order valence-corrected chi connectivity index (χ3v) is 9.03. The molecule has 0 bridgehead atoms. The number of hydrogen-bond donors (Lipinski definition) is 1. The quantitative estimate of drug-likeness (QED) is 0.245. The Morgan fingerprint density at radius 2 is 1.85 bits per heavy atom. The van der Waals surface area contributed by atoms with Crippen molar-refractivity contribution in [2.24, 2.45) is 5.92 Å². The van der Waals surface area contributed by atoms with Gasteiger partial charge in [-0.25, -0.2) is 9.37 Å². The highest BCUT2D eigenvalue weighted by atomic mass is 19.1. The zero-order valence-electron chi connectivity index (χ0n) is 24.6. The van der Waals surface area contributed by atoms with Gasteiger partial charge in [-0.1, -0.05) is 25.5 Å². The largest absolute Gasteiger partial charge is 0.488 e. The number of nitrogens with one attached hydrogen (secondary N) is 1. The van der Waals surface area contributed by atoms with E-state index in [4.69, 9.17) is 19.4 Å². The fraction of sp³-hybridized carbons (Fsp3) is 0.576. The number of likely N-dealkylation sites (tertiary alicyclic amines) is 1. The third kappa shape index (κ3) is 6.37. The predicted molar refractivity (Wildman–Crippen MR) is 163 cm³/mol. The van der Waals surface area contributed by atoms with Gasteiger partial charge >= 0.3 is 0 Å². The highest BCUT2D eigenvalue weighted by molar-refractivity contribution is 5.91. The minimum absolute atomic E-state index is 0.149. The summed E-state index contributed by atoms with van der Waals surface area (Å²) in [5, 5.41) is 3.90. The van der Waals surface area contributed by atoms with Crippen molar-refractivity contribution < 1.29 is 13.9 Å². The number of piperidine rings is 1. The Bertz CT molecular complexity index is 1340. The van der Waals surface area contributed by atoms with Crippen LogP contribution in [0.15, 0.2) is 30.3 Å². The number of rotatable bonds is 9. The SMILES string of the molecule is COc1nc2c(NC3CCN(c4ccccc4F)CC3)c3c(nc2cc1OCCCN1CCC(C)C1)CCCCC3. The van der Waals surface area contributed by atoms with E-state index in [0.29, 0.717) is 23.9 Å². The molecule has 1 aliphatic carbocycles. The van der Waals surface area contributed by atoms with Gasteiger partial charge < -0.3 is 24.6 Å². The van der Waals surface area contributed by atoms with Gasteiger partial charge in [0.25, 0.3) is 5.88 Å². The molecule has 0 amide bonds. The highest BCUT2D eigenvalue weighted by Crippen LogP contribution is 2.38. The van der Waals surface area contributed by atoms with E-state index < -0.39 is 0 Å². The van der Waals surface area contributed by atoms with Crippen LogP contribution in [-0.2, 0) is 12.8 Å². The third-order valence-electron chi connectivity index (χ3n) is 9.03. The normalized spacial score (nSPS) is 20.2. The molecule has 1 aromatic carbocycles. The molecule has 6 rings (SSSR count). The average molecular weight is 562 g/mol. The molecule has 4 heterocycles. The highest BCUT2D eigenvalue weighted by Gasteiger charge is 2.26. The molecule has 1 unspecified atom stereocenters. The summed E-state index contributed by atoms with van der Waals surface area (Å²) in [7, 11) is 1.66. The van der Waals surface area contributed by atoms with Crippen molar-refractivity contribution in [3.63, 3.8) is 0 Å². The van der Waals surface area contributed by atoms with Crippen molar-refractivity contribution >= 4 is 22.4 Å². The summed E-state index contributed by atoms with van der Waals surface area (Å²) in [6.07, 6.45) is 9.66. The summed E-state index contributed by atoms with van der Waals surface area (Å²) in [5.74, 6) is 1.83. The molecule has 220 valence electrons. The van der Waals surface area contributed by atoms with E-state index in [1.807, 2.05) is 18.2 Å². The van der Waals surface area contributed by atoms with Crippen molar-refractivity contribution in [3.8, 4) is 11.6 Å². The fourth-order valence-electron chi connectivity index (χ4n) is 6.77. The molecule has 8 heteroatoms. The van der Waals surface area contributed by atoms with E-state index in [-0.39, 0.29) is 11.9 Å². The fourth-order valence-corrected chi connectivity index (χ4v) is 6.77. The number of pyridine rings is 2. The molecule has 1 N–H and O–H groups in total. The van der Waals surface area contributed by atoms with E-state index in [1.165, 1.54) is 37.2 Å². The molecule has 1 atom stereocenters. The summed E-state index contributed by atoms with van der Waals surface area (Å²) >= 11 is 0. The average Bonchev–Trinajstić information content (AvgIpc) is 3.26. The van der Waals surface area contributed by atoms with Crippen LogP contribution in [-0.4, -0.2) is 67.4 Å². The molecule has 2 fully saturated rings. The lowest BCUT2D eigenvalue weighted by Gasteiger charge is -2.35. The second kappa shape index (κ2) is 12.8. The number of para-hydroxylation sites is 1. The second-order valence-corrected chi connectivity index (χ2v) is 12.1. The van der Waals surface area contributed by atoms with Gasteiger partial charge in [-0.3, -0.25) is 4.98 Å². The lowest BCUT2D eigenvalue weighted by Crippen LogP contribution is -2.39. The van der Waals surface area contributed by atoms with Gasteiger partial charge in [-0.2, -0.15) is 0 Å². The molecule has 2 saturated heterocycles. The van der Waals surface area contributed by atoms with Crippen molar-refractivity contribution in [2.75, 3.05) is 56.7 Å². The van der Waals surface area contributed by atoms with Crippen LogP contribution in [0.25, 0.3) is 11.0 Å². The summed E-state index contributed by atoms with van der Waals surface area (Å²) < 4.78 is 26.4. The van der Waals surface area contributed by atoms with E-state index in [0.717, 1.165) is 87.2 Å². The van der Waals surface area contributed by atoms with Crippen LogP contribution < -0.4 is 19.7 Å². The Kier molecular flexibility index (Phi) is 8.75. The van der Waals surface area contributed by atoms with Gasteiger partial charge in [0, 0.05) is 44.0 Å². The van der Waals surface area contributed by atoms with Crippen LogP contribution in [0.2, 0.25) is 0 Å². The lowest BCUT2D eigenvalue weighted by atomic mass is 10.00. The molecule has 2 aliphatic heterocycles. The van der Waals surface area contributed by atoms with Gasteiger partial charge in [0.2, 0.25) is 0 Å². The number of aryl methyl sites for hydroxylation is 1. The summed E-state index contributed by atoms with van der Waals surface area (Å²) in [6.45, 7) is 8.02. The van der Waals surface area contributed by atoms with Crippen LogP contribution in [0, 0.1) is 11.7 Å². The number of nitrogens with zero attached hydrogens (tertiary/aromatic N) is 4. The molecule has 3 aromatic rings. The van der Waals surface area contributed by atoms with Gasteiger partial charge in [0.1, 0.15) is 11.3 Å². The van der Waals surface area contributed by atoms with Crippen molar-refractivity contribution in [1.29, 1.82) is 0 Å². The summed E-state index contributed by atoms with van der Waals surface area (Å²) in [6, 6.07) is 9.39. The molecule has 2 aromatic heterocycles. The Hall–Kier alpha value is -3.13. The Morgan fingerprint density at radius 3 is 2.63 bits per heavy atom. The standard InChI is InChI=1S/C33H44FN5O2/c1-23-13-17-38(22-23)16-8-20-41-30-21-28-32(37-33(30)40-2)31(25-9-4-3-5-11-27(25)36-28)35-24-14-18-39(19-15-24)29-12-7-6-10-26(29)34/h6-7,10,12,21,23-24H,3-5,8-9,11,13-20,22H2,1-2H3,(H,35,36). The molecule has 7 nitrogen and oxygen atoms in total. The minimum atomic E-state index is -0.149. The number of aromatic nitrogens is 2. The van der Waals surface area contributed by atoms with Gasteiger partial charge in [0.15, 0.2) is 5.75 Å². The zero-order chi connectivity index (χ0) is 28.2. The van der Waals surface area contributed by atoms with Crippen molar-refractivity contribution in [2.45, 2.75) is 70.8 Å². The number of fused-ring (bicyclic) bond motifs is 2. The zero-order valence-corrected chi connectivity index (χ0v) is 24.6. The first-order chi connectivity index (χ1) is 20.1. The summed E-state index contributed by atoms with van der Waals surface area (Å²) in [5.41, 5.74) is 6.00. The van der Waals surface area contributed by atoms with Crippen molar-refractivity contribution in [1.82, 2.24) is 14.9 Å². The predicted octanol–water partition coefficient (Wildman–Crippen LogP) is 6.24. The van der Waals surface area contributed by atoms with Crippen LogP contribution in [0.5, 0.6) is 11.6 Å². The molecular formula is C33H44FN5O2. The van der Waals surface area contributed by atoms with Gasteiger partial charge in [0.05, 0.1) is 30.6 Å². The topological polar surface area (TPSA) is 62.8 Å². The van der Waals surface area contributed by atoms with Crippen LogP contribution >= 0.6 is 0 Å². The van der Waals surface area contributed by atoms with Crippen LogP contribution in [0.3, 0.4) is 0 Å². The van der Waals surface area contributed by atoms with E-state index in [2.05, 4.69) is 22.0 Å². The molecule has 0 saturated carbocycles. The lowest BCUT2D eigenvalue weighted by molar-refractivity contribution is 0.249. The molecule has 3 aliphatic rings. The minimum Gasteiger partial charge on any atom is -0.488 e. The first kappa shape index (κ1) is 28.0. The van der Waals surface area contributed by atoms with E-state index in [9.17, 15) is 4.39 Å². The molecule has 0 spiro atoms. The van der Waals surface area contributed by atoms with Crippen molar-refractivity contribution in [3.05, 3.63) is 47.4 Å². The van der Waals surface area contributed by atoms with Crippen LogP contribution in [0.1, 0.15) is 63.1 Å². The first-order valence-corrected chi connectivity index (χ1v) is 15.6. The number of anilines is 2. The molecular weight excluding hydrogens is 517 g/mol. The number of methoxy groups -OCH3 is 1. The molecule has 41 heavy (non-hydrogen) atoms. The number of halogens is 1. The van der Waals surface area contributed by atoms with E-state index >= 15 is 0 Å². The Balaban J connectivity index is 1.21. The van der Waals surface area contributed by atoms with E-state index in [1.54, 1.807) is 19.2 Å². The maximum absolute atomic E-state index is 14.4. The van der Waals surface area contributed by atoms with Gasteiger partial charge in [-0.15, -0.1) is 0 Å². The number of hydrogen-bond acceptors (Lipinski definition) is 7. The Morgan fingerprint density at radius 1 is 1.02 bits per heavy atom. The second-order valence-electron chi connectivity index (χ2n) is 12.1. The van der Waals surface area contributed by atoms with Gasteiger partial charge in [-0.05, 0) is 81.5 Å². The first-order valence-electron chi connectivity index (χ1n) is 15.6. The maximum atomic E-state index is 14.4. The number of ether oxygens (including phenoxy) is 2. The van der Waals surface area contributed by atoms with Crippen LogP contribution in [0.4, 0.5) is 15.8 Å². The molecule has 0 radical (unpaired) electrons. The Labute approximate surface area is 243 Å². The smallest absolute Gasteiger partial charge is 0.257 e. The maximum Gasteiger partial charge on any atom is 0.257 e. The summed E-state index contributed by atoms with van der Waals surface area (Å²) in [4.78, 5) is 14.8. The number of benzene rings is 1.